The van der Waals surface area contributed by atoms with Crippen LogP contribution >= 0.6 is 0 Å². The molecule has 2 fully saturated rings. The highest BCUT2D eigenvalue weighted by Crippen LogP contribution is 2.35. The normalized spacial score (nSPS) is 22.4. The van der Waals surface area contributed by atoms with Gasteiger partial charge in [0, 0.05) is 50.4 Å². The van der Waals surface area contributed by atoms with Gasteiger partial charge in [-0.25, -0.2) is 5.01 Å². The van der Waals surface area contributed by atoms with E-state index < -0.39 is 35.8 Å². The van der Waals surface area contributed by atoms with Crippen LogP contribution in [0, 0.1) is 29.6 Å². The standard InChI is InChI=1S/C34H63N5O5/c1-6-9-17-39(37-31(41)18-24(4)5)23-30(40)29(19-25-13-11-10-12-14-25)36-33(43)27-20-26(32(35)42)21-28(22-27)34(44)38(15-7-2)16-8-3/h24-30,40H,6-23H2,1-5H3,(H2,35,42)(H,36,43)(H,37,41). The van der Waals surface area contributed by atoms with Crippen molar-refractivity contribution in [3.8, 4) is 0 Å². The van der Waals surface area contributed by atoms with Crippen LogP contribution < -0.4 is 16.5 Å². The first-order chi connectivity index (χ1) is 21.0. The molecule has 0 bridgehead atoms. The van der Waals surface area contributed by atoms with E-state index in [1.807, 2.05) is 32.6 Å². The number of hydrogen-bond acceptors (Lipinski definition) is 6. The van der Waals surface area contributed by atoms with E-state index in [9.17, 15) is 24.3 Å². The summed E-state index contributed by atoms with van der Waals surface area (Å²) in [5.74, 6) is -1.67. The van der Waals surface area contributed by atoms with Gasteiger partial charge in [-0.05, 0) is 56.8 Å². The molecule has 5 unspecified atom stereocenters. The Hall–Kier alpha value is -2.20. The molecule has 0 aromatic rings. The number of amides is 4. The van der Waals surface area contributed by atoms with E-state index in [4.69, 9.17) is 5.73 Å². The second-order valence-corrected chi connectivity index (χ2v) is 13.9. The summed E-state index contributed by atoms with van der Waals surface area (Å²) in [5, 5.41) is 16.6. The lowest BCUT2D eigenvalue weighted by Crippen LogP contribution is -2.54. The average Bonchev–Trinajstić information content (AvgIpc) is 2.98. The topological polar surface area (TPSA) is 145 Å². The van der Waals surface area contributed by atoms with Gasteiger partial charge < -0.3 is 21.1 Å². The van der Waals surface area contributed by atoms with Crippen molar-refractivity contribution in [2.45, 2.75) is 137 Å². The van der Waals surface area contributed by atoms with Crippen molar-refractivity contribution in [1.29, 1.82) is 0 Å². The van der Waals surface area contributed by atoms with E-state index in [1.54, 1.807) is 5.01 Å². The number of nitrogens with zero attached hydrogens (tertiary/aromatic N) is 2. The number of aliphatic hydroxyl groups is 1. The molecule has 254 valence electrons. The van der Waals surface area contributed by atoms with Crippen LogP contribution in [-0.4, -0.2) is 77.0 Å². The van der Waals surface area contributed by atoms with Crippen molar-refractivity contribution >= 4 is 23.6 Å². The Balaban J connectivity index is 2.23. The maximum atomic E-state index is 13.9. The summed E-state index contributed by atoms with van der Waals surface area (Å²) in [5.41, 5.74) is 8.73. The summed E-state index contributed by atoms with van der Waals surface area (Å²) >= 11 is 0. The van der Waals surface area contributed by atoms with Crippen molar-refractivity contribution in [2.75, 3.05) is 26.2 Å². The molecule has 0 spiro atoms. The van der Waals surface area contributed by atoms with Gasteiger partial charge in [0.25, 0.3) is 0 Å². The van der Waals surface area contributed by atoms with Crippen molar-refractivity contribution in [3.63, 3.8) is 0 Å². The minimum absolute atomic E-state index is 0.0000505. The highest BCUT2D eigenvalue weighted by atomic mass is 16.3. The third-order valence-electron chi connectivity index (χ3n) is 9.30. The van der Waals surface area contributed by atoms with Crippen molar-refractivity contribution in [2.24, 2.45) is 35.3 Å². The largest absolute Gasteiger partial charge is 0.390 e. The molecule has 10 nitrogen and oxygen atoms in total. The number of primary amides is 1. The van der Waals surface area contributed by atoms with Crippen molar-refractivity contribution in [3.05, 3.63) is 0 Å². The Morgan fingerprint density at radius 1 is 0.864 bits per heavy atom. The summed E-state index contributed by atoms with van der Waals surface area (Å²) in [6, 6.07) is -0.503. The number of carbonyl (C=O) groups is 4. The van der Waals surface area contributed by atoms with Gasteiger partial charge in [-0.2, -0.15) is 0 Å². The number of nitrogens with one attached hydrogen (secondary N) is 2. The highest BCUT2D eigenvalue weighted by molar-refractivity contribution is 5.85. The van der Waals surface area contributed by atoms with Crippen LogP contribution in [0.5, 0.6) is 0 Å². The molecule has 5 atom stereocenters. The number of aliphatic hydroxyl groups excluding tert-OH is 1. The molecule has 2 saturated carbocycles. The fourth-order valence-corrected chi connectivity index (χ4v) is 6.98. The molecule has 0 heterocycles. The summed E-state index contributed by atoms with van der Waals surface area (Å²) in [4.78, 5) is 54.2. The lowest BCUT2D eigenvalue weighted by atomic mass is 9.73. The fraction of sp³-hybridized carbons (Fsp3) is 0.882. The minimum atomic E-state index is -0.894. The van der Waals surface area contributed by atoms with Crippen LogP contribution in [0.25, 0.3) is 0 Å². The van der Waals surface area contributed by atoms with E-state index in [0.29, 0.717) is 57.7 Å². The molecule has 0 radical (unpaired) electrons. The molecule has 2 aliphatic rings. The molecule has 44 heavy (non-hydrogen) atoms. The first-order valence-electron chi connectivity index (χ1n) is 17.6. The van der Waals surface area contributed by atoms with Crippen LogP contribution in [0.4, 0.5) is 0 Å². The smallest absolute Gasteiger partial charge is 0.234 e. The number of rotatable bonds is 19. The second-order valence-electron chi connectivity index (χ2n) is 13.9. The molecule has 0 aromatic heterocycles. The number of carbonyl (C=O) groups excluding carboxylic acids is 4. The third kappa shape index (κ3) is 13.0. The van der Waals surface area contributed by atoms with Gasteiger partial charge in [-0.3, -0.25) is 24.6 Å². The van der Waals surface area contributed by atoms with Crippen molar-refractivity contribution < 1.29 is 24.3 Å². The van der Waals surface area contributed by atoms with E-state index >= 15 is 0 Å². The second kappa shape index (κ2) is 20.0. The van der Waals surface area contributed by atoms with Crippen molar-refractivity contribution in [1.82, 2.24) is 20.7 Å². The summed E-state index contributed by atoms with van der Waals surface area (Å²) in [7, 11) is 0. The predicted molar refractivity (Wildman–Crippen MR) is 174 cm³/mol. The summed E-state index contributed by atoms with van der Waals surface area (Å²) in [6.45, 7) is 12.3. The Bertz CT molecular complexity index is 887. The van der Waals surface area contributed by atoms with Crippen LogP contribution in [-0.2, 0) is 19.2 Å². The summed E-state index contributed by atoms with van der Waals surface area (Å²) in [6.07, 6.45) is 10.4. The van der Waals surface area contributed by atoms with Gasteiger partial charge in [0.05, 0.1) is 12.1 Å². The number of nitrogens with two attached hydrogens (primary N) is 1. The van der Waals surface area contributed by atoms with Gasteiger partial charge in [0.2, 0.25) is 23.6 Å². The lowest BCUT2D eigenvalue weighted by Gasteiger charge is -2.37. The van der Waals surface area contributed by atoms with Gasteiger partial charge in [0.1, 0.15) is 0 Å². The Labute approximate surface area is 266 Å². The van der Waals surface area contributed by atoms with Gasteiger partial charge >= 0.3 is 0 Å². The van der Waals surface area contributed by atoms with Crippen LogP contribution in [0.2, 0.25) is 0 Å². The van der Waals surface area contributed by atoms with E-state index in [0.717, 1.165) is 51.4 Å². The van der Waals surface area contributed by atoms with E-state index in [1.165, 1.54) is 6.42 Å². The predicted octanol–water partition coefficient (Wildman–Crippen LogP) is 4.15. The first-order valence-corrected chi connectivity index (χ1v) is 17.6. The van der Waals surface area contributed by atoms with Crippen LogP contribution in [0.1, 0.15) is 125 Å². The Kier molecular flexibility index (Phi) is 17.3. The number of hydrogen-bond donors (Lipinski definition) is 4. The molecule has 0 saturated heterocycles. The highest BCUT2D eigenvalue weighted by Gasteiger charge is 2.40. The number of unbranched alkanes of at least 4 members (excludes halogenated alkanes) is 1. The minimum Gasteiger partial charge on any atom is -0.390 e. The molecule has 5 N–H and O–H groups in total. The van der Waals surface area contributed by atoms with Gasteiger partial charge in [-0.15, -0.1) is 0 Å². The molecule has 2 rings (SSSR count). The van der Waals surface area contributed by atoms with Crippen LogP contribution in [0.3, 0.4) is 0 Å². The van der Waals surface area contributed by atoms with E-state index in [2.05, 4.69) is 17.7 Å². The first kappa shape index (κ1) is 38.0. The van der Waals surface area contributed by atoms with Gasteiger partial charge in [-0.1, -0.05) is 73.1 Å². The molecule has 0 aliphatic heterocycles. The zero-order valence-corrected chi connectivity index (χ0v) is 28.3. The van der Waals surface area contributed by atoms with E-state index in [-0.39, 0.29) is 30.2 Å². The quantitative estimate of drug-likeness (QED) is 0.160. The molecular weight excluding hydrogens is 558 g/mol. The maximum absolute atomic E-state index is 13.9. The molecule has 0 aromatic carbocycles. The third-order valence-corrected chi connectivity index (χ3v) is 9.30. The fourth-order valence-electron chi connectivity index (χ4n) is 6.98. The maximum Gasteiger partial charge on any atom is 0.234 e. The number of hydrazine groups is 1. The molecule has 10 heteroatoms. The van der Waals surface area contributed by atoms with Gasteiger partial charge in [0.15, 0.2) is 0 Å². The lowest BCUT2D eigenvalue weighted by molar-refractivity contribution is -0.141. The zero-order chi connectivity index (χ0) is 32.6. The Morgan fingerprint density at radius 2 is 1.48 bits per heavy atom. The van der Waals surface area contributed by atoms with Crippen LogP contribution in [0.15, 0.2) is 0 Å². The average molecular weight is 622 g/mol. The molecule has 4 amide bonds. The zero-order valence-electron chi connectivity index (χ0n) is 28.3. The summed E-state index contributed by atoms with van der Waals surface area (Å²) < 4.78 is 0. The molecular formula is C34H63N5O5. The monoisotopic (exact) mass is 621 g/mol. The SMILES string of the molecule is CCCCN(CC(O)C(CC1CCCCC1)NC(=O)C1CC(C(N)=O)CC(C(=O)N(CCC)CCC)C1)NC(=O)CC(C)C. The molecule has 2 aliphatic carbocycles. The Morgan fingerprint density at radius 3 is 2.05 bits per heavy atom.